The summed E-state index contributed by atoms with van der Waals surface area (Å²) in [5, 5.41) is 8.92. The maximum atomic E-state index is 11.8. The Balaban J connectivity index is 1.66. The third kappa shape index (κ3) is 5.48. The van der Waals surface area contributed by atoms with Crippen molar-refractivity contribution in [1.82, 2.24) is 16.0 Å². The second kappa shape index (κ2) is 7.94. The molecule has 1 aromatic rings. The van der Waals surface area contributed by atoms with Crippen LogP contribution in [0.15, 0.2) is 30.3 Å². The molecular formula is C17H25N3O2. The van der Waals surface area contributed by atoms with Gasteiger partial charge >= 0.3 is 0 Å². The molecule has 0 aliphatic carbocycles. The largest absolute Gasteiger partial charge is 0.354 e. The lowest BCUT2D eigenvalue weighted by Gasteiger charge is -2.34. The molecule has 5 heteroatoms. The Hall–Kier alpha value is -1.88. The van der Waals surface area contributed by atoms with Gasteiger partial charge in [-0.05, 0) is 36.9 Å². The Morgan fingerprint density at radius 1 is 1.09 bits per heavy atom. The van der Waals surface area contributed by atoms with Crippen LogP contribution in [0.3, 0.4) is 0 Å². The maximum absolute atomic E-state index is 11.8. The van der Waals surface area contributed by atoms with Crippen LogP contribution < -0.4 is 16.0 Å². The summed E-state index contributed by atoms with van der Waals surface area (Å²) < 4.78 is 0. The highest BCUT2D eigenvalue weighted by molar-refractivity contribution is 5.85. The zero-order valence-corrected chi connectivity index (χ0v) is 13.2. The van der Waals surface area contributed by atoms with Crippen LogP contribution in [0.2, 0.25) is 0 Å². The van der Waals surface area contributed by atoms with Crippen LogP contribution >= 0.6 is 0 Å². The number of carbonyl (C=O) groups is 2. The Morgan fingerprint density at radius 3 is 2.45 bits per heavy atom. The summed E-state index contributed by atoms with van der Waals surface area (Å²) in [6, 6.07) is 9.51. The number of benzene rings is 1. The Kier molecular flexibility index (Phi) is 5.95. The predicted molar refractivity (Wildman–Crippen MR) is 86.4 cm³/mol. The van der Waals surface area contributed by atoms with E-state index in [-0.39, 0.29) is 23.8 Å². The van der Waals surface area contributed by atoms with Gasteiger partial charge in [0.2, 0.25) is 11.8 Å². The first-order chi connectivity index (χ1) is 10.6. The highest BCUT2D eigenvalue weighted by Crippen LogP contribution is 2.26. The maximum Gasteiger partial charge on any atom is 0.239 e. The quantitative estimate of drug-likeness (QED) is 0.730. The molecule has 1 aliphatic heterocycles. The number of carbonyl (C=O) groups excluding carboxylic acids is 2. The molecule has 5 nitrogen and oxygen atoms in total. The third-order valence-corrected chi connectivity index (χ3v) is 4.18. The van der Waals surface area contributed by atoms with Crippen molar-refractivity contribution in [1.29, 1.82) is 0 Å². The summed E-state index contributed by atoms with van der Waals surface area (Å²) in [7, 11) is 0. The summed E-state index contributed by atoms with van der Waals surface area (Å²) in [5.41, 5.74) is 1.11. The zero-order chi connectivity index (χ0) is 15.8. The highest BCUT2D eigenvalue weighted by atomic mass is 16.2. The molecule has 1 aliphatic rings. The van der Waals surface area contributed by atoms with E-state index in [0.29, 0.717) is 13.0 Å². The van der Waals surface area contributed by atoms with Crippen molar-refractivity contribution >= 4 is 11.8 Å². The molecule has 1 saturated heterocycles. The van der Waals surface area contributed by atoms with Gasteiger partial charge in [-0.2, -0.15) is 0 Å². The molecule has 0 atom stereocenters. The molecule has 3 N–H and O–H groups in total. The number of hydrogen-bond acceptors (Lipinski definition) is 3. The van der Waals surface area contributed by atoms with Crippen LogP contribution in [0.4, 0.5) is 0 Å². The topological polar surface area (TPSA) is 70.2 Å². The molecule has 0 bridgehead atoms. The molecule has 1 aromatic carbocycles. The van der Waals surface area contributed by atoms with E-state index in [9.17, 15) is 9.59 Å². The molecule has 0 unspecified atom stereocenters. The van der Waals surface area contributed by atoms with Gasteiger partial charge in [-0.15, -0.1) is 0 Å². The number of amides is 2. The standard InChI is InChI=1S/C17H25N3O2/c1-17(7-9-18-10-8-17)13-20-16(22)12-19-15(21)11-14-5-3-2-4-6-14/h2-6,18H,7-13H2,1H3,(H,19,21)(H,20,22). The van der Waals surface area contributed by atoms with Gasteiger partial charge < -0.3 is 16.0 Å². The van der Waals surface area contributed by atoms with E-state index < -0.39 is 0 Å². The van der Waals surface area contributed by atoms with E-state index in [1.54, 1.807) is 0 Å². The molecule has 1 heterocycles. The van der Waals surface area contributed by atoms with Crippen molar-refractivity contribution in [3.63, 3.8) is 0 Å². The van der Waals surface area contributed by atoms with Gasteiger partial charge in [-0.1, -0.05) is 37.3 Å². The van der Waals surface area contributed by atoms with Crippen molar-refractivity contribution in [2.75, 3.05) is 26.2 Å². The first-order valence-electron chi connectivity index (χ1n) is 7.85. The second-order valence-corrected chi connectivity index (χ2v) is 6.28. The van der Waals surface area contributed by atoms with Crippen LogP contribution in [0.1, 0.15) is 25.3 Å². The lowest BCUT2D eigenvalue weighted by atomic mass is 9.81. The van der Waals surface area contributed by atoms with Gasteiger partial charge in [0, 0.05) is 6.54 Å². The minimum Gasteiger partial charge on any atom is -0.354 e. The minimum atomic E-state index is -0.130. The number of rotatable bonds is 6. The number of piperidine rings is 1. The molecule has 0 aromatic heterocycles. The van der Waals surface area contributed by atoms with Crippen molar-refractivity contribution in [2.24, 2.45) is 5.41 Å². The van der Waals surface area contributed by atoms with Gasteiger partial charge in [0.25, 0.3) is 0 Å². The van der Waals surface area contributed by atoms with Crippen molar-refractivity contribution in [3.05, 3.63) is 35.9 Å². The molecule has 120 valence electrons. The van der Waals surface area contributed by atoms with E-state index >= 15 is 0 Å². The fourth-order valence-corrected chi connectivity index (χ4v) is 2.60. The monoisotopic (exact) mass is 303 g/mol. The van der Waals surface area contributed by atoms with E-state index in [1.165, 1.54) is 0 Å². The van der Waals surface area contributed by atoms with Crippen LogP contribution in [-0.2, 0) is 16.0 Å². The van der Waals surface area contributed by atoms with Gasteiger partial charge in [0.15, 0.2) is 0 Å². The Morgan fingerprint density at radius 2 is 1.77 bits per heavy atom. The first kappa shape index (κ1) is 16.5. The average molecular weight is 303 g/mol. The van der Waals surface area contributed by atoms with Crippen LogP contribution in [0.25, 0.3) is 0 Å². The Bertz CT molecular complexity index is 496. The van der Waals surface area contributed by atoms with Crippen LogP contribution in [0, 0.1) is 5.41 Å². The molecule has 2 amide bonds. The van der Waals surface area contributed by atoms with Crippen molar-refractivity contribution < 1.29 is 9.59 Å². The Labute approximate surface area is 131 Å². The lowest BCUT2D eigenvalue weighted by Crippen LogP contribution is -2.45. The lowest BCUT2D eigenvalue weighted by molar-refractivity contribution is -0.126. The third-order valence-electron chi connectivity index (χ3n) is 4.18. The molecule has 0 radical (unpaired) electrons. The SMILES string of the molecule is CC1(CNC(=O)CNC(=O)Cc2ccccc2)CCNCC1. The molecular weight excluding hydrogens is 278 g/mol. The minimum absolute atomic E-state index is 0.0417. The van der Waals surface area contributed by atoms with Gasteiger partial charge in [0.1, 0.15) is 0 Å². The van der Waals surface area contributed by atoms with E-state index in [1.807, 2.05) is 30.3 Å². The van der Waals surface area contributed by atoms with Gasteiger partial charge in [-0.25, -0.2) is 0 Å². The van der Waals surface area contributed by atoms with Crippen molar-refractivity contribution in [3.8, 4) is 0 Å². The zero-order valence-electron chi connectivity index (χ0n) is 13.2. The second-order valence-electron chi connectivity index (χ2n) is 6.28. The molecule has 0 spiro atoms. The fourth-order valence-electron chi connectivity index (χ4n) is 2.60. The highest BCUT2D eigenvalue weighted by Gasteiger charge is 2.26. The molecule has 0 saturated carbocycles. The smallest absolute Gasteiger partial charge is 0.239 e. The van der Waals surface area contributed by atoms with Crippen molar-refractivity contribution in [2.45, 2.75) is 26.2 Å². The van der Waals surface area contributed by atoms with E-state index in [2.05, 4.69) is 22.9 Å². The summed E-state index contributed by atoms with van der Waals surface area (Å²) in [6.45, 7) is 4.91. The summed E-state index contributed by atoms with van der Waals surface area (Å²) >= 11 is 0. The van der Waals surface area contributed by atoms with E-state index in [4.69, 9.17) is 0 Å². The molecule has 22 heavy (non-hydrogen) atoms. The molecule has 1 fully saturated rings. The summed E-state index contributed by atoms with van der Waals surface area (Å²) in [5.74, 6) is -0.254. The normalized spacial score (nSPS) is 16.8. The number of hydrogen-bond donors (Lipinski definition) is 3. The number of nitrogens with one attached hydrogen (secondary N) is 3. The van der Waals surface area contributed by atoms with Gasteiger partial charge in [0.05, 0.1) is 13.0 Å². The van der Waals surface area contributed by atoms with Crippen LogP contribution in [0.5, 0.6) is 0 Å². The van der Waals surface area contributed by atoms with Crippen LogP contribution in [-0.4, -0.2) is 38.0 Å². The fraction of sp³-hybridized carbons (Fsp3) is 0.529. The van der Waals surface area contributed by atoms with E-state index in [0.717, 1.165) is 31.5 Å². The molecule has 2 rings (SSSR count). The summed E-state index contributed by atoms with van der Waals surface area (Å²) in [4.78, 5) is 23.6. The average Bonchev–Trinajstić information content (AvgIpc) is 2.53. The van der Waals surface area contributed by atoms with Gasteiger partial charge in [-0.3, -0.25) is 9.59 Å². The first-order valence-corrected chi connectivity index (χ1v) is 7.85. The summed E-state index contributed by atoms with van der Waals surface area (Å²) in [6.07, 6.45) is 2.43. The predicted octanol–water partition coefficient (Wildman–Crippen LogP) is 0.851.